The van der Waals surface area contributed by atoms with Gasteiger partial charge in [0.1, 0.15) is 5.52 Å². The van der Waals surface area contributed by atoms with Crippen LogP contribution in [0.25, 0.3) is 16.8 Å². The molecule has 1 amide bonds. The maximum absolute atomic E-state index is 13.1. The SMILES string of the molecule is Cc1ccc(-c2cc3c(=O)n(CCC(=O)N4CCN(c5cccc(Cl)c5)CC4)ccn3n2)cc1C. The van der Waals surface area contributed by atoms with Gasteiger partial charge in [0.05, 0.1) is 5.69 Å². The zero-order chi connectivity index (χ0) is 24.5. The first-order chi connectivity index (χ1) is 16.9. The quantitative estimate of drug-likeness (QED) is 0.422. The fourth-order valence-electron chi connectivity index (χ4n) is 4.51. The van der Waals surface area contributed by atoms with Crippen LogP contribution >= 0.6 is 11.6 Å². The van der Waals surface area contributed by atoms with Crippen molar-refractivity contribution in [2.75, 3.05) is 31.1 Å². The molecule has 180 valence electrons. The molecule has 1 fully saturated rings. The number of amides is 1. The van der Waals surface area contributed by atoms with Gasteiger partial charge < -0.3 is 14.4 Å². The van der Waals surface area contributed by atoms with Crippen LogP contribution in [0.1, 0.15) is 17.5 Å². The van der Waals surface area contributed by atoms with Gasteiger partial charge in [-0.25, -0.2) is 4.52 Å². The van der Waals surface area contributed by atoms with Crippen LogP contribution in [0.2, 0.25) is 5.02 Å². The minimum Gasteiger partial charge on any atom is -0.368 e. The summed E-state index contributed by atoms with van der Waals surface area (Å²) in [6.45, 7) is 7.30. The molecule has 1 aliphatic heterocycles. The van der Waals surface area contributed by atoms with Gasteiger partial charge in [0, 0.05) is 67.8 Å². The molecule has 35 heavy (non-hydrogen) atoms. The molecule has 8 heteroatoms. The molecule has 5 rings (SSSR count). The number of carbonyl (C=O) groups is 1. The molecule has 2 aromatic heterocycles. The van der Waals surface area contributed by atoms with Crippen LogP contribution in [0, 0.1) is 13.8 Å². The molecule has 7 nitrogen and oxygen atoms in total. The van der Waals surface area contributed by atoms with Crippen molar-refractivity contribution in [1.29, 1.82) is 0 Å². The first-order valence-corrected chi connectivity index (χ1v) is 12.2. The van der Waals surface area contributed by atoms with Crippen molar-refractivity contribution in [2.24, 2.45) is 0 Å². The van der Waals surface area contributed by atoms with Gasteiger partial charge in [-0.05, 0) is 55.3 Å². The van der Waals surface area contributed by atoms with Gasteiger partial charge in [0.25, 0.3) is 5.56 Å². The molecule has 0 atom stereocenters. The van der Waals surface area contributed by atoms with Crippen LogP contribution < -0.4 is 10.5 Å². The van der Waals surface area contributed by atoms with Gasteiger partial charge in [0.2, 0.25) is 5.91 Å². The van der Waals surface area contributed by atoms with E-state index in [0.29, 0.717) is 30.2 Å². The Hall–Kier alpha value is -3.58. The summed E-state index contributed by atoms with van der Waals surface area (Å²) in [6, 6.07) is 15.8. The molecule has 0 aliphatic carbocycles. The zero-order valence-electron chi connectivity index (χ0n) is 19.9. The highest BCUT2D eigenvalue weighted by atomic mass is 35.5. The summed E-state index contributed by atoms with van der Waals surface area (Å²) in [5.74, 6) is 0.0619. The number of halogens is 1. The molecule has 0 bridgehead atoms. The number of rotatable bonds is 5. The van der Waals surface area contributed by atoms with Gasteiger partial charge in [0.15, 0.2) is 0 Å². The highest BCUT2D eigenvalue weighted by Crippen LogP contribution is 2.22. The van der Waals surface area contributed by atoms with E-state index in [1.165, 1.54) is 11.1 Å². The molecular weight excluding hydrogens is 462 g/mol. The third kappa shape index (κ3) is 4.82. The fourth-order valence-corrected chi connectivity index (χ4v) is 4.69. The Morgan fingerprint density at radius 2 is 1.77 bits per heavy atom. The first kappa shape index (κ1) is 23.2. The zero-order valence-corrected chi connectivity index (χ0v) is 20.7. The molecule has 0 saturated carbocycles. The van der Waals surface area contributed by atoms with Gasteiger partial charge in [-0.2, -0.15) is 5.10 Å². The lowest BCUT2D eigenvalue weighted by atomic mass is 10.0. The van der Waals surface area contributed by atoms with E-state index < -0.39 is 0 Å². The van der Waals surface area contributed by atoms with Crippen LogP contribution in [0.3, 0.4) is 0 Å². The third-order valence-corrected chi connectivity index (χ3v) is 7.01. The average molecular weight is 490 g/mol. The molecule has 2 aromatic carbocycles. The molecule has 0 N–H and O–H groups in total. The lowest BCUT2D eigenvalue weighted by Crippen LogP contribution is -2.49. The maximum atomic E-state index is 13.1. The molecular formula is C27H28ClN5O2. The van der Waals surface area contributed by atoms with Crippen molar-refractivity contribution in [1.82, 2.24) is 19.1 Å². The second-order valence-corrected chi connectivity index (χ2v) is 9.49. The Labute approximate surface area is 209 Å². The molecule has 4 aromatic rings. The van der Waals surface area contributed by atoms with Gasteiger partial charge in [-0.3, -0.25) is 9.59 Å². The number of hydrogen-bond acceptors (Lipinski definition) is 4. The highest BCUT2D eigenvalue weighted by Gasteiger charge is 2.21. The summed E-state index contributed by atoms with van der Waals surface area (Å²) in [6.07, 6.45) is 3.76. The Kier molecular flexibility index (Phi) is 6.34. The smallest absolute Gasteiger partial charge is 0.276 e. The minimum atomic E-state index is -0.145. The standard InChI is InChI=1S/C27H28ClN5O2/c1-19-6-7-21(16-20(19)2)24-18-25-27(35)32(14-15-33(25)29-24)9-8-26(34)31-12-10-30(11-13-31)23-5-3-4-22(28)17-23/h3-7,14-18H,8-13H2,1-2H3. The number of carbonyl (C=O) groups excluding carboxylic acids is 1. The molecule has 3 heterocycles. The van der Waals surface area contributed by atoms with Gasteiger partial charge >= 0.3 is 0 Å². The summed E-state index contributed by atoms with van der Waals surface area (Å²) in [5, 5.41) is 5.29. The summed E-state index contributed by atoms with van der Waals surface area (Å²) in [5.41, 5.74) is 5.58. The summed E-state index contributed by atoms with van der Waals surface area (Å²) < 4.78 is 3.21. The minimum absolute atomic E-state index is 0.0619. The van der Waals surface area contributed by atoms with Gasteiger partial charge in [-0.15, -0.1) is 0 Å². The Morgan fingerprint density at radius 3 is 2.51 bits per heavy atom. The van der Waals surface area contributed by atoms with Crippen LogP contribution in [0.4, 0.5) is 5.69 Å². The number of hydrogen-bond donors (Lipinski definition) is 0. The van der Waals surface area contributed by atoms with Crippen molar-refractivity contribution >= 4 is 28.7 Å². The van der Waals surface area contributed by atoms with Crippen molar-refractivity contribution in [3.63, 3.8) is 0 Å². The van der Waals surface area contributed by atoms with E-state index in [0.717, 1.165) is 30.0 Å². The topological polar surface area (TPSA) is 62.9 Å². The number of aromatic nitrogens is 3. The second kappa shape index (κ2) is 9.58. The number of nitrogens with zero attached hydrogens (tertiary/aromatic N) is 5. The Morgan fingerprint density at radius 1 is 0.971 bits per heavy atom. The summed E-state index contributed by atoms with van der Waals surface area (Å²) >= 11 is 6.11. The van der Waals surface area contributed by atoms with Crippen LogP contribution in [-0.4, -0.2) is 51.2 Å². The van der Waals surface area contributed by atoms with E-state index in [4.69, 9.17) is 11.6 Å². The molecule has 1 saturated heterocycles. The number of aryl methyl sites for hydroxylation is 3. The number of fused-ring (bicyclic) bond motifs is 1. The van der Waals surface area contributed by atoms with Crippen molar-refractivity contribution in [3.8, 4) is 11.3 Å². The van der Waals surface area contributed by atoms with E-state index in [1.807, 2.05) is 41.3 Å². The lowest BCUT2D eigenvalue weighted by molar-refractivity contribution is -0.131. The van der Waals surface area contributed by atoms with Crippen LogP contribution in [0.5, 0.6) is 0 Å². The van der Waals surface area contributed by atoms with E-state index in [1.54, 1.807) is 21.5 Å². The summed E-state index contributed by atoms with van der Waals surface area (Å²) in [4.78, 5) is 30.0. The van der Waals surface area contributed by atoms with Crippen molar-refractivity contribution in [2.45, 2.75) is 26.8 Å². The normalized spacial score (nSPS) is 14.0. The van der Waals surface area contributed by atoms with Crippen LogP contribution in [-0.2, 0) is 11.3 Å². The predicted octanol–water partition coefficient (Wildman–Crippen LogP) is 4.17. The maximum Gasteiger partial charge on any atom is 0.276 e. The summed E-state index contributed by atoms with van der Waals surface area (Å²) in [7, 11) is 0. The third-order valence-electron chi connectivity index (χ3n) is 6.78. The molecule has 0 spiro atoms. The Bertz CT molecular complexity index is 1450. The van der Waals surface area contributed by atoms with E-state index in [2.05, 4.69) is 36.0 Å². The van der Waals surface area contributed by atoms with E-state index in [9.17, 15) is 9.59 Å². The second-order valence-electron chi connectivity index (χ2n) is 9.05. The molecule has 0 unspecified atom stereocenters. The number of benzene rings is 2. The number of piperazine rings is 1. The van der Waals surface area contributed by atoms with E-state index in [-0.39, 0.29) is 17.9 Å². The van der Waals surface area contributed by atoms with E-state index >= 15 is 0 Å². The number of anilines is 1. The molecule has 1 aliphatic rings. The van der Waals surface area contributed by atoms with Crippen LogP contribution in [0.15, 0.2) is 65.7 Å². The molecule has 0 radical (unpaired) electrons. The monoisotopic (exact) mass is 489 g/mol. The first-order valence-electron chi connectivity index (χ1n) is 11.8. The van der Waals surface area contributed by atoms with Crippen molar-refractivity contribution < 1.29 is 4.79 Å². The Balaban J connectivity index is 1.23. The van der Waals surface area contributed by atoms with Crippen molar-refractivity contribution in [3.05, 3.63) is 87.4 Å². The lowest BCUT2D eigenvalue weighted by Gasteiger charge is -2.36. The largest absolute Gasteiger partial charge is 0.368 e. The van der Waals surface area contributed by atoms with Gasteiger partial charge in [-0.1, -0.05) is 29.8 Å². The fraction of sp³-hybridized carbons (Fsp3) is 0.296. The highest BCUT2D eigenvalue weighted by molar-refractivity contribution is 6.30. The average Bonchev–Trinajstić information content (AvgIpc) is 3.30. The predicted molar refractivity (Wildman–Crippen MR) is 139 cm³/mol.